The van der Waals surface area contributed by atoms with Crippen LogP contribution in [0.5, 0.6) is 0 Å². The second-order valence-corrected chi connectivity index (χ2v) is 4.91. The fourth-order valence-corrected chi connectivity index (χ4v) is 2.37. The molecular weight excluding hydrogens is 268 g/mol. The molecule has 0 amide bonds. The zero-order valence-electron chi connectivity index (χ0n) is 12.9. The van der Waals surface area contributed by atoms with Crippen molar-refractivity contribution in [2.24, 2.45) is 12.9 Å². The molecule has 0 unspecified atom stereocenters. The van der Waals surface area contributed by atoms with Gasteiger partial charge >= 0.3 is 0 Å². The lowest BCUT2D eigenvalue weighted by molar-refractivity contribution is -0.0289. The normalized spacial score (nSPS) is 11.7. The summed E-state index contributed by atoms with van der Waals surface area (Å²) < 4.78 is 7.44. The number of aromatic nitrogens is 4. The van der Waals surface area contributed by atoms with Gasteiger partial charge in [0.05, 0.1) is 11.9 Å². The molecule has 0 saturated heterocycles. The van der Waals surface area contributed by atoms with Crippen LogP contribution in [0.15, 0.2) is 18.5 Å². The summed E-state index contributed by atoms with van der Waals surface area (Å²) in [5.41, 5.74) is 3.76. The molecule has 0 saturated carbocycles. The molecule has 0 aliphatic heterocycles. The summed E-state index contributed by atoms with van der Waals surface area (Å²) in [5, 5.41) is 4.17. The molecule has 21 heavy (non-hydrogen) atoms. The summed E-state index contributed by atoms with van der Waals surface area (Å²) in [7, 11) is 3.55. The van der Waals surface area contributed by atoms with E-state index in [1.54, 1.807) is 24.1 Å². The van der Waals surface area contributed by atoms with Crippen LogP contribution in [0.1, 0.15) is 32.5 Å². The molecule has 3 N–H and O–H groups in total. The first-order valence-corrected chi connectivity index (χ1v) is 6.99. The van der Waals surface area contributed by atoms with Crippen molar-refractivity contribution >= 4 is 5.82 Å². The topological polar surface area (TPSA) is 90.9 Å². The minimum absolute atomic E-state index is 0.510. The van der Waals surface area contributed by atoms with Crippen molar-refractivity contribution in [1.29, 1.82) is 0 Å². The number of anilines is 1. The Balaban J connectivity index is 2.57. The highest BCUT2D eigenvalue weighted by Gasteiger charge is 2.32. The summed E-state index contributed by atoms with van der Waals surface area (Å²) in [6.45, 7) is 4.12. The van der Waals surface area contributed by atoms with Crippen molar-refractivity contribution < 1.29 is 4.74 Å². The molecule has 2 heterocycles. The van der Waals surface area contributed by atoms with Crippen LogP contribution in [-0.2, 0) is 17.4 Å². The van der Waals surface area contributed by atoms with Gasteiger partial charge in [-0.1, -0.05) is 13.8 Å². The van der Waals surface area contributed by atoms with Gasteiger partial charge in [-0.3, -0.25) is 4.68 Å². The molecule has 0 radical (unpaired) electrons. The average Bonchev–Trinajstić information content (AvgIpc) is 2.96. The van der Waals surface area contributed by atoms with E-state index in [1.807, 2.05) is 13.2 Å². The molecule has 7 nitrogen and oxygen atoms in total. The standard InChI is InChI=1S/C14H22N6O/c1-5-14(6-2,21-4)13-17-11(7-12(18-13)19-15)10-8-16-20(3)9-10/h7-9H,5-6,15H2,1-4H3,(H,17,18,19). The first-order chi connectivity index (χ1) is 10.1. The van der Waals surface area contributed by atoms with E-state index >= 15 is 0 Å². The Morgan fingerprint density at radius 2 is 2.05 bits per heavy atom. The first kappa shape index (κ1) is 15.4. The zero-order chi connectivity index (χ0) is 15.5. The maximum Gasteiger partial charge on any atom is 0.163 e. The number of nitrogens with two attached hydrogens (primary N) is 1. The quantitative estimate of drug-likeness (QED) is 0.623. The molecular formula is C14H22N6O. The average molecular weight is 290 g/mol. The van der Waals surface area contributed by atoms with Crippen LogP contribution in [0.25, 0.3) is 11.3 Å². The van der Waals surface area contributed by atoms with Crippen LogP contribution in [-0.4, -0.2) is 26.9 Å². The lowest BCUT2D eigenvalue weighted by Crippen LogP contribution is -2.30. The van der Waals surface area contributed by atoms with Crippen LogP contribution in [0.2, 0.25) is 0 Å². The Bertz CT molecular complexity index is 597. The van der Waals surface area contributed by atoms with Crippen LogP contribution in [0, 0.1) is 0 Å². The Morgan fingerprint density at radius 1 is 1.33 bits per heavy atom. The molecule has 0 aromatic carbocycles. The van der Waals surface area contributed by atoms with Gasteiger partial charge < -0.3 is 10.2 Å². The molecule has 0 spiro atoms. The molecule has 7 heteroatoms. The SMILES string of the molecule is CCC(CC)(OC)c1nc(NN)cc(-c2cnn(C)c2)n1. The Morgan fingerprint density at radius 3 is 2.52 bits per heavy atom. The molecule has 0 aliphatic carbocycles. The predicted molar refractivity (Wildman–Crippen MR) is 81.3 cm³/mol. The minimum atomic E-state index is -0.510. The van der Waals surface area contributed by atoms with E-state index in [2.05, 4.69) is 34.3 Å². The van der Waals surface area contributed by atoms with E-state index in [9.17, 15) is 0 Å². The number of hydrogen-bond donors (Lipinski definition) is 2. The van der Waals surface area contributed by atoms with Gasteiger partial charge in [0.15, 0.2) is 5.82 Å². The first-order valence-electron chi connectivity index (χ1n) is 6.99. The summed E-state index contributed by atoms with van der Waals surface area (Å²) in [6.07, 6.45) is 5.22. The van der Waals surface area contributed by atoms with Crippen LogP contribution in [0.3, 0.4) is 0 Å². The Labute approximate surface area is 124 Å². The smallest absolute Gasteiger partial charge is 0.163 e. The van der Waals surface area contributed by atoms with E-state index in [1.165, 1.54) is 0 Å². The molecule has 2 aromatic rings. The Hall–Kier alpha value is -1.99. The van der Waals surface area contributed by atoms with E-state index in [4.69, 9.17) is 10.6 Å². The van der Waals surface area contributed by atoms with Crippen molar-refractivity contribution in [1.82, 2.24) is 19.7 Å². The van der Waals surface area contributed by atoms with Gasteiger partial charge in [0.2, 0.25) is 0 Å². The van der Waals surface area contributed by atoms with Crippen LogP contribution in [0.4, 0.5) is 5.82 Å². The van der Waals surface area contributed by atoms with Gasteiger partial charge in [0.1, 0.15) is 11.4 Å². The number of hydrogen-bond acceptors (Lipinski definition) is 6. The number of nitrogens with one attached hydrogen (secondary N) is 1. The summed E-state index contributed by atoms with van der Waals surface area (Å²) in [6, 6.07) is 1.80. The zero-order valence-corrected chi connectivity index (χ0v) is 12.9. The molecule has 114 valence electrons. The van der Waals surface area contributed by atoms with Crippen molar-refractivity contribution in [2.45, 2.75) is 32.3 Å². The second kappa shape index (κ2) is 6.19. The number of nitrogen functional groups attached to an aromatic ring is 1. The lowest BCUT2D eigenvalue weighted by atomic mass is 9.95. The minimum Gasteiger partial charge on any atom is -0.370 e. The summed E-state index contributed by atoms with van der Waals surface area (Å²) >= 11 is 0. The fraction of sp³-hybridized carbons (Fsp3) is 0.500. The number of methoxy groups -OCH3 is 1. The third-order valence-corrected chi connectivity index (χ3v) is 3.82. The van der Waals surface area contributed by atoms with Gasteiger partial charge in [0.25, 0.3) is 0 Å². The summed E-state index contributed by atoms with van der Waals surface area (Å²) in [4.78, 5) is 9.13. The maximum atomic E-state index is 5.70. The molecule has 0 aliphatic rings. The Kier molecular flexibility index (Phi) is 4.54. The predicted octanol–water partition coefficient (Wildman–Crippen LogP) is 1.82. The third kappa shape index (κ3) is 2.88. The largest absolute Gasteiger partial charge is 0.370 e. The van der Waals surface area contributed by atoms with E-state index in [-0.39, 0.29) is 0 Å². The van der Waals surface area contributed by atoms with E-state index in [0.29, 0.717) is 11.6 Å². The van der Waals surface area contributed by atoms with Gasteiger partial charge in [-0.25, -0.2) is 15.8 Å². The van der Waals surface area contributed by atoms with E-state index in [0.717, 1.165) is 24.1 Å². The number of rotatable bonds is 6. The van der Waals surface area contributed by atoms with Gasteiger partial charge in [-0.15, -0.1) is 0 Å². The van der Waals surface area contributed by atoms with Crippen molar-refractivity contribution in [3.8, 4) is 11.3 Å². The van der Waals surface area contributed by atoms with Gasteiger partial charge in [-0.05, 0) is 12.8 Å². The number of nitrogens with zero attached hydrogens (tertiary/aromatic N) is 4. The maximum absolute atomic E-state index is 5.70. The molecule has 2 rings (SSSR count). The van der Waals surface area contributed by atoms with E-state index < -0.39 is 5.60 Å². The molecule has 0 fully saturated rings. The van der Waals surface area contributed by atoms with Gasteiger partial charge in [-0.2, -0.15) is 5.10 Å². The number of ether oxygens (including phenoxy) is 1. The fourth-order valence-electron chi connectivity index (χ4n) is 2.37. The second-order valence-electron chi connectivity index (χ2n) is 4.91. The molecule has 0 bridgehead atoms. The highest BCUT2D eigenvalue weighted by atomic mass is 16.5. The van der Waals surface area contributed by atoms with Crippen LogP contribution < -0.4 is 11.3 Å². The monoisotopic (exact) mass is 290 g/mol. The van der Waals surface area contributed by atoms with Crippen molar-refractivity contribution in [3.05, 3.63) is 24.3 Å². The highest BCUT2D eigenvalue weighted by molar-refractivity contribution is 5.61. The lowest BCUT2D eigenvalue weighted by Gasteiger charge is -2.29. The van der Waals surface area contributed by atoms with Gasteiger partial charge in [0, 0.05) is 32.0 Å². The van der Waals surface area contributed by atoms with Crippen molar-refractivity contribution in [3.63, 3.8) is 0 Å². The number of aryl methyl sites for hydroxylation is 1. The molecule has 0 atom stereocenters. The van der Waals surface area contributed by atoms with Crippen molar-refractivity contribution in [2.75, 3.05) is 12.5 Å². The highest BCUT2D eigenvalue weighted by Crippen LogP contribution is 2.32. The summed E-state index contributed by atoms with van der Waals surface area (Å²) in [5.74, 6) is 6.72. The number of hydrazine groups is 1. The third-order valence-electron chi connectivity index (χ3n) is 3.82. The molecule has 2 aromatic heterocycles. The van der Waals surface area contributed by atoms with Crippen LogP contribution >= 0.6 is 0 Å².